The highest BCUT2D eigenvalue weighted by atomic mass is 35.5. The van der Waals surface area contributed by atoms with E-state index >= 15 is 0 Å². The second-order valence-corrected chi connectivity index (χ2v) is 6.46. The second kappa shape index (κ2) is 5.39. The number of anilines is 1. The number of nitrogens with one attached hydrogen (secondary N) is 1. The van der Waals surface area contributed by atoms with Crippen molar-refractivity contribution in [1.82, 2.24) is 0 Å². The smallest absolute Gasteiger partial charge is 0.292 e. The van der Waals surface area contributed by atoms with E-state index in [4.69, 9.17) is 11.6 Å². The number of nitro groups is 1. The van der Waals surface area contributed by atoms with Gasteiger partial charge in [-0.2, -0.15) is 0 Å². The third-order valence-corrected chi connectivity index (χ3v) is 5.05. The Morgan fingerprint density at radius 3 is 2.70 bits per heavy atom. The molecule has 1 aliphatic carbocycles. The van der Waals surface area contributed by atoms with Gasteiger partial charge in [-0.25, -0.2) is 0 Å². The van der Waals surface area contributed by atoms with Crippen molar-refractivity contribution in [3.8, 4) is 0 Å². The van der Waals surface area contributed by atoms with E-state index in [-0.39, 0.29) is 22.6 Å². The summed E-state index contributed by atoms with van der Waals surface area (Å²) >= 11 is 5.99. The van der Waals surface area contributed by atoms with Crippen LogP contribution in [-0.2, 0) is 0 Å². The molecule has 1 heterocycles. The van der Waals surface area contributed by atoms with E-state index in [1.54, 1.807) is 12.1 Å². The van der Waals surface area contributed by atoms with Gasteiger partial charge in [0, 0.05) is 17.0 Å². The largest absolute Gasteiger partial charge is 0.372 e. The first-order valence-electron chi connectivity index (χ1n) is 7.61. The van der Waals surface area contributed by atoms with Crippen molar-refractivity contribution < 1.29 is 4.92 Å². The van der Waals surface area contributed by atoms with Crippen LogP contribution in [-0.4, -0.2) is 4.92 Å². The highest BCUT2D eigenvalue weighted by molar-refractivity contribution is 6.30. The molecular weight excluding hydrogens is 312 g/mol. The van der Waals surface area contributed by atoms with E-state index in [2.05, 4.69) is 17.5 Å². The number of rotatable bonds is 2. The maximum Gasteiger partial charge on any atom is 0.292 e. The summed E-state index contributed by atoms with van der Waals surface area (Å²) in [6.45, 7) is 0. The predicted octanol–water partition coefficient (Wildman–Crippen LogP) is 5.07. The van der Waals surface area contributed by atoms with Crippen LogP contribution in [0.1, 0.15) is 29.5 Å². The molecule has 0 radical (unpaired) electrons. The average Bonchev–Trinajstić information content (AvgIpc) is 3.04. The summed E-state index contributed by atoms with van der Waals surface area (Å²) in [5, 5.41) is 15.5. The maximum atomic E-state index is 11.4. The summed E-state index contributed by atoms with van der Waals surface area (Å²) in [4.78, 5) is 11.1. The summed E-state index contributed by atoms with van der Waals surface area (Å²) in [5.74, 6) is 0.581. The summed E-state index contributed by atoms with van der Waals surface area (Å²) < 4.78 is 0. The highest BCUT2D eigenvalue weighted by Crippen LogP contribution is 2.51. The van der Waals surface area contributed by atoms with Crippen LogP contribution < -0.4 is 5.32 Å². The third-order valence-electron chi connectivity index (χ3n) is 4.80. The molecule has 23 heavy (non-hydrogen) atoms. The summed E-state index contributed by atoms with van der Waals surface area (Å²) in [7, 11) is 0. The first-order valence-corrected chi connectivity index (χ1v) is 7.99. The normalized spacial score (nSPS) is 24.7. The second-order valence-electron chi connectivity index (χ2n) is 6.03. The molecule has 0 bridgehead atoms. The Kier molecular flexibility index (Phi) is 3.34. The van der Waals surface area contributed by atoms with E-state index in [0.717, 1.165) is 17.5 Å². The Balaban J connectivity index is 1.83. The van der Waals surface area contributed by atoms with Gasteiger partial charge in [0.15, 0.2) is 0 Å². The zero-order valence-corrected chi connectivity index (χ0v) is 13.0. The van der Waals surface area contributed by atoms with Crippen LogP contribution >= 0.6 is 11.6 Å². The van der Waals surface area contributed by atoms with Crippen LogP contribution in [0, 0.1) is 16.0 Å². The van der Waals surface area contributed by atoms with E-state index in [1.807, 2.05) is 30.3 Å². The minimum absolute atomic E-state index is 0.0425. The first kappa shape index (κ1) is 14.3. The van der Waals surface area contributed by atoms with Crippen molar-refractivity contribution in [3.05, 3.63) is 80.9 Å². The van der Waals surface area contributed by atoms with E-state index < -0.39 is 0 Å². The molecule has 0 fully saturated rings. The average molecular weight is 327 g/mol. The molecule has 0 unspecified atom stereocenters. The fraction of sp³-hybridized carbons (Fsp3) is 0.222. The van der Waals surface area contributed by atoms with Crippen LogP contribution in [0.15, 0.2) is 54.6 Å². The number of nitro benzene ring substituents is 1. The van der Waals surface area contributed by atoms with Gasteiger partial charge >= 0.3 is 0 Å². The molecule has 2 aromatic carbocycles. The summed E-state index contributed by atoms with van der Waals surface area (Å²) in [6, 6.07) is 13.1. The third kappa shape index (κ3) is 2.30. The Morgan fingerprint density at radius 1 is 1.17 bits per heavy atom. The molecular formula is C18H15ClN2O2. The van der Waals surface area contributed by atoms with Crippen LogP contribution in [0.2, 0.25) is 5.02 Å². The van der Waals surface area contributed by atoms with Gasteiger partial charge in [0.1, 0.15) is 5.69 Å². The van der Waals surface area contributed by atoms with Crippen molar-refractivity contribution in [3.63, 3.8) is 0 Å². The molecule has 1 N–H and O–H groups in total. The molecule has 116 valence electrons. The number of fused-ring (bicyclic) bond motifs is 3. The molecule has 4 nitrogen and oxygen atoms in total. The van der Waals surface area contributed by atoms with E-state index in [0.29, 0.717) is 16.6 Å². The predicted molar refractivity (Wildman–Crippen MR) is 90.9 cm³/mol. The summed E-state index contributed by atoms with van der Waals surface area (Å²) in [6.07, 6.45) is 5.32. The van der Waals surface area contributed by atoms with Gasteiger partial charge in [0.2, 0.25) is 0 Å². The van der Waals surface area contributed by atoms with Crippen molar-refractivity contribution in [2.45, 2.75) is 18.4 Å². The molecule has 3 atom stereocenters. The fourth-order valence-electron chi connectivity index (χ4n) is 3.76. The number of para-hydroxylation sites is 1. The van der Waals surface area contributed by atoms with Gasteiger partial charge in [0.05, 0.1) is 11.0 Å². The molecule has 0 saturated carbocycles. The van der Waals surface area contributed by atoms with Crippen molar-refractivity contribution >= 4 is 23.0 Å². The number of hydrogen-bond donors (Lipinski definition) is 1. The molecule has 4 rings (SSSR count). The molecule has 0 saturated heterocycles. The zero-order valence-electron chi connectivity index (χ0n) is 12.3. The van der Waals surface area contributed by atoms with Crippen LogP contribution in [0.4, 0.5) is 11.4 Å². The number of benzene rings is 2. The highest BCUT2D eigenvalue weighted by Gasteiger charge is 2.40. The first-order chi connectivity index (χ1) is 11.1. The summed E-state index contributed by atoms with van der Waals surface area (Å²) in [5.41, 5.74) is 2.91. The van der Waals surface area contributed by atoms with Gasteiger partial charge in [0.25, 0.3) is 5.69 Å². The Hall–Kier alpha value is -2.33. The van der Waals surface area contributed by atoms with E-state index in [9.17, 15) is 10.1 Å². The molecule has 2 aromatic rings. The lowest BCUT2D eigenvalue weighted by atomic mass is 9.77. The van der Waals surface area contributed by atoms with Gasteiger partial charge < -0.3 is 5.32 Å². The number of nitrogens with zero attached hydrogens (tertiary/aromatic N) is 1. The van der Waals surface area contributed by atoms with Crippen LogP contribution in [0.5, 0.6) is 0 Å². The number of allylic oxidation sites excluding steroid dienone is 2. The lowest BCUT2D eigenvalue weighted by molar-refractivity contribution is -0.384. The van der Waals surface area contributed by atoms with Crippen molar-refractivity contribution in [2.75, 3.05) is 5.32 Å². The number of hydrogen-bond acceptors (Lipinski definition) is 3. The zero-order chi connectivity index (χ0) is 16.0. The standard InChI is InChI=1S/C18H15ClN2O2/c19-12-9-7-11(8-10-12)17-14-4-1-3-13(14)15-5-2-6-16(21(22)23)18(15)20-17/h1-3,5-10,13-14,17,20H,4H2/t13-,14+,17-/m1/s1. The quantitative estimate of drug-likeness (QED) is 0.476. The van der Waals surface area contributed by atoms with Crippen molar-refractivity contribution in [1.29, 1.82) is 0 Å². The lowest BCUT2D eigenvalue weighted by Gasteiger charge is -2.37. The monoisotopic (exact) mass is 326 g/mol. The molecule has 0 spiro atoms. The van der Waals surface area contributed by atoms with Crippen LogP contribution in [0.25, 0.3) is 0 Å². The Bertz CT molecular complexity index is 801. The van der Waals surface area contributed by atoms with Gasteiger partial charge in [-0.15, -0.1) is 0 Å². The maximum absolute atomic E-state index is 11.4. The molecule has 0 amide bonds. The van der Waals surface area contributed by atoms with Crippen molar-refractivity contribution in [2.24, 2.45) is 5.92 Å². The molecule has 5 heteroatoms. The molecule has 0 aromatic heterocycles. The Morgan fingerprint density at radius 2 is 1.96 bits per heavy atom. The van der Waals surface area contributed by atoms with Gasteiger partial charge in [-0.1, -0.05) is 48.0 Å². The topological polar surface area (TPSA) is 55.2 Å². The molecule has 1 aliphatic heterocycles. The minimum atomic E-state index is -0.316. The molecule has 2 aliphatic rings. The Labute approximate surface area is 138 Å². The van der Waals surface area contributed by atoms with Gasteiger partial charge in [-0.3, -0.25) is 10.1 Å². The van der Waals surface area contributed by atoms with Crippen LogP contribution in [0.3, 0.4) is 0 Å². The lowest BCUT2D eigenvalue weighted by Crippen LogP contribution is -2.29. The minimum Gasteiger partial charge on any atom is -0.372 e. The van der Waals surface area contributed by atoms with Gasteiger partial charge in [-0.05, 0) is 35.6 Å². The fourth-order valence-corrected chi connectivity index (χ4v) is 3.88. The SMILES string of the molecule is O=[N+]([O-])c1cccc2c1N[C@H](c1ccc(Cl)cc1)[C@H]1CC=C[C@@H]21. The van der Waals surface area contributed by atoms with E-state index in [1.165, 1.54) is 0 Å². The number of halogens is 1.